The van der Waals surface area contributed by atoms with Crippen molar-refractivity contribution in [2.24, 2.45) is 0 Å². The van der Waals surface area contributed by atoms with Gasteiger partial charge in [0.15, 0.2) is 0 Å². The maximum atomic E-state index is 2.43. The highest BCUT2D eigenvalue weighted by atomic mass is 14.4. The van der Waals surface area contributed by atoms with Crippen LogP contribution in [0.15, 0.2) is 121 Å². The molecule has 0 amide bonds. The Morgan fingerprint density at radius 2 is 1.08 bits per heavy atom. The van der Waals surface area contributed by atoms with Gasteiger partial charge >= 0.3 is 0 Å². The fraction of sp³-hybridized carbons (Fsp3) is 0.0811. The predicted octanol–water partition coefficient (Wildman–Crippen LogP) is 10.3. The molecule has 0 saturated heterocycles. The summed E-state index contributed by atoms with van der Waals surface area (Å²) in [5.74, 6) is 0. The van der Waals surface area contributed by atoms with Crippen LogP contribution in [0.3, 0.4) is 0 Å². The van der Waals surface area contributed by atoms with Crippen molar-refractivity contribution in [3.63, 3.8) is 0 Å². The second-order valence-electron chi connectivity index (χ2n) is 11.0. The van der Waals surface area contributed by atoms with E-state index in [0.29, 0.717) is 0 Å². The van der Waals surface area contributed by atoms with Gasteiger partial charge in [-0.1, -0.05) is 111 Å². The van der Waals surface area contributed by atoms with E-state index in [0.717, 1.165) is 0 Å². The average Bonchev–Trinajstić information content (AvgIpc) is 2.94. The van der Waals surface area contributed by atoms with Crippen LogP contribution < -0.4 is 0 Å². The van der Waals surface area contributed by atoms with E-state index < -0.39 is 0 Å². The first-order valence-corrected chi connectivity index (χ1v) is 13.1. The van der Waals surface area contributed by atoms with Gasteiger partial charge in [0.2, 0.25) is 0 Å². The minimum atomic E-state index is -0.0622. The minimum absolute atomic E-state index is 0.0622. The first-order valence-electron chi connectivity index (χ1n) is 13.1. The van der Waals surface area contributed by atoms with Crippen molar-refractivity contribution >= 4 is 43.1 Å². The van der Waals surface area contributed by atoms with Gasteiger partial charge in [-0.05, 0) is 101 Å². The molecule has 0 bridgehead atoms. The SMILES string of the molecule is CC1(C)c2cc(-c3ccc4c(ccc5cc6ccccc6cc54)c3)ccc2-c2cccc3cccc1c23. The largest absolute Gasteiger partial charge is 0.0616 e. The zero-order valence-electron chi connectivity index (χ0n) is 21.0. The molecule has 0 nitrogen and oxygen atoms in total. The van der Waals surface area contributed by atoms with Gasteiger partial charge in [-0.15, -0.1) is 0 Å². The second-order valence-corrected chi connectivity index (χ2v) is 11.0. The third-order valence-corrected chi connectivity index (χ3v) is 8.60. The first kappa shape index (κ1) is 20.7. The van der Waals surface area contributed by atoms with Gasteiger partial charge in [0, 0.05) is 5.41 Å². The monoisotopic (exact) mass is 470 g/mol. The Labute approximate surface area is 216 Å². The van der Waals surface area contributed by atoms with Crippen LogP contribution in [0, 0.1) is 0 Å². The third-order valence-electron chi connectivity index (χ3n) is 8.60. The molecule has 1 aliphatic carbocycles. The Morgan fingerprint density at radius 1 is 0.405 bits per heavy atom. The summed E-state index contributed by atoms with van der Waals surface area (Å²) in [5.41, 5.74) is 8.02. The first-order chi connectivity index (χ1) is 18.1. The van der Waals surface area contributed by atoms with Gasteiger partial charge in [-0.2, -0.15) is 0 Å². The molecular weight excluding hydrogens is 444 g/mol. The number of hydrogen-bond donors (Lipinski definition) is 0. The van der Waals surface area contributed by atoms with E-state index in [-0.39, 0.29) is 5.41 Å². The normalized spacial score (nSPS) is 13.9. The summed E-state index contributed by atoms with van der Waals surface area (Å²) in [6.07, 6.45) is 0. The molecule has 0 aromatic heterocycles. The van der Waals surface area contributed by atoms with Crippen LogP contribution in [0.5, 0.6) is 0 Å². The van der Waals surface area contributed by atoms with E-state index >= 15 is 0 Å². The minimum Gasteiger partial charge on any atom is -0.0616 e. The van der Waals surface area contributed by atoms with E-state index in [1.807, 2.05) is 0 Å². The van der Waals surface area contributed by atoms with Crippen LogP contribution >= 0.6 is 0 Å². The average molecular weight is 471 g/mol. The van der Waals surface area contributed by atoms with Gasteiger partial charge in [-0.25, -0.2) is 0 Å². The molecule has 0 atom stereocenters. The lowest BCUT2D eigenvalue weighted by Gasteiger charge is -2.35. The Morgan fingerprint density at radius 3 is 1.92 bits per heavy atom. The van der Waals surface area contributed by atoms with Gasteiger partial charge in [0.1, 0.15) is 0 Å². The van der Waals surface area contributed by atoms with E-state index in [2.05, 4.69) is 135 Å². The van der Waals surface area contributed by atoms with Crippen molar-refractivity contribution in [2.45, 2.75) is 19.3 Å². The Hall–Kier alpha value is -4.42. The van der Waals surface area contributed by atoms with Crippen molar-refractivity contribution in [1.82, 2.24) is 0 Å². The number of hydrogen-bond acceptors (Lipinski definition) is 0. The highest BCUT2D eigenvalue weighted by molar-refractivity contribution is 6.13. The second kappa shape index (κ2) is 7.31. The Bertz CT molecular complexity index is 2050. The summed E-state index contributed by atoms with van der Waals surface area (Å²) >= 11 is 0. The lowest BCUT2D eigenvalue weighted by atomic mass is 9.68. The molecule has 0 saturated carbocycles. The van der Waals surface area contributed by atoms with Gasteiger partial charge < -0.3 is 0 Å². The molecule has 0 radical (unpaired) electrons. The van der Waals surface area contributed by atoms with Crippen molar-refractivity contribution < 1.29 is 0 Å². The molecule has 7 aromatic carbocycles. The van der Waals surface area contributed by atoms with Crippen LogP contribution in [0.1, 0.15) is 25.0 Å². The number of rotatable bonds is 1. The van der Waals surface area contributed by atoms with Gasteiger partial charge in [-0.3, -0.25) is 0 Å². The molecule has 37 heavy (non-hydrogen) atoms. The van der Waals surface area contributed by atoms with Crippen molar-refractivity contribution in [1.29, 1.82) is 0 Å². The van der Waals surface area contributed by atoms with Crippen LogP contribution in [0.2, 0.25) is 0 Å². The molecule has 0 aliphatic heterocycles. The highest BCUT2D eigenvalue weighted by Crippen LogP contribution is 2.49. The maximum Gasteiger partial charge on any atom is 0.0159 e. The Balaban J connectivity index is 1.31. The number of benzene rings is 7. The number of fused-ring (bicyclic) bond motifs is 6. The van der Waals surface area contributed by atoms with Crippen molar-refractivity contribution in [2.75, 3.05) is 0 Å². The lowest BCUT2D eigenvalue weighted by molar-refractivity contribution is 0.645. The maximum absolute atomic E-state index is 2.43. The molecular formula is C37H26. The molecule has 1 aliphatic rings. The standard InChI is InChI=1S/C37H26/c1-37(2)34-12-6-10-23-9-5-11-32(36(23)34)31-18-16-27(22-35(31)37)26-15-17-30-28(20-26)13-14-29-19-24-7-3-4-8-25(24)21-33(29)30/h3-22H,1-2H3. The van der Waals surface area contributed by atoms with Crippen molar-refractivity contribution in [3.8, 4) is 22.3 Å². The lowest BCUT2D eigenvalue weighted by Crippen LogP contribution is -2.23. The summed E-state index contributed by atoms with van der Waals surface area (Å²) < 4.78 is 0. The van der Waals surface area contributed by atoms with Crippen LogP contribution in [0.25, 0.3) is 65.3 Å². The topological polar surface area (TPSA) is 0 Å². The molecule has 0 heterocycles. The fourth-order valence-corrected chi connectivity index (χ4v) is 6.64. The summed E-state index contributed by atoms with van der Waals surface area (Å²) in [6.45, 7) is 4.74. The quantitative estimate of drug-likeness (QED) is 0.165. The highest BCUT2D eigenvalue weighted by Gasteiger charge is 2.33. The van der Waals surface area contributed by atoms with E-state index in [1.54, 1.807) is 0 Å². The van der Waals surface area contributed by atoms with E-state index in [1.165, 1.54) is 76.5 Å². The van der Waals surface area contributed by atoms with Gasteiger partial charge in [0.05, 0.1) is 0 Å². The molecule has 0 spiro atoms. The van der Waals surface area contributed by atoms with Crippen molar-refractivity contribution in [3.05, 3.63) is 132 Å². The Kier molecular flexibility index (Phi) is 4.10. The summed E-state index contributed by atoms with van der Waals surface area (Å²) in [5, 5.41) is 10.5. The van der Waals surface area contributed by atoms with E-state index in [9.17, 15) is 0 Å². The van der Waals surface area contributed by atoms with Gasteiger partial charge in [0.25, 0.3) is 0 Å². The molecule has 0 heteroatoms. The molecule has 174 valence electrons. The smallest absolute Gasteiger partial charge is 0.0159 e. The molecule has 8 rings (SSSR count). The van der Waals surface area contributed by atoms with Crippen LogP contribution in [-0.4, -0.2) is 0 Å². The van der Waals surface area contributed by atoms with E-state index in [4.69, 9.17) is 0 Å². The third kappa shape index (κ3) is 2.90. The zero-order valence-corrected chi connectivity index (χ0v) is 21.0. The fourth-order valence-electron chi connectivity index (χ4n) is 6.64. The summed E-state index contributed by atoms with van der Waals surface area (Å²) in [7, 11) is 0. The molecule has 0 N–H and O–H groups in total. The zero-order chi connectivity index (χ0) is 24.7. The molecule has 0 fully saturated rings. The summed E-state index contributed by atoms with van der Waals surface area (Å²) in [6, 6.07) is 45.3. The summed E-state index contributed by atoms with van der Waals surface area (Å²) in [4.78, 5) is 0. The molecule has 7 aromatic rings. The van der Waals surface area contributed by atoms with Crippen LogP contribution in [-0.2, 0) is 5.41 Å². The predicted molar refractivity (Wildman–Crippen MR) is 159 cm³/mol. The van der Waals surface area contributed by atoms with Crippen LogP contribution in [0.4, 0.5) is 0 Å². The molecule has 0 unspecified atom stereocenters.